The minimum absolute atomic E-state index is 0.250. The van der Waals surface area contributed by atoms with Crippen molar-refractivity contribution in [2.45, 2.75) is 13.8 Å². The lowest BCUT2D eigenvalue weighted by Gasteiger charge is -2.11. The fraction of sp³-hybridized carbons (Fsp3) is 0.182. The largest absolute Gasteiger partial charge is 0.478 e. The van der Waals surface area contributed by atoms with Gasteiger partial charge in [-0.05, 0) is 31.0 Å². The molecule has 0 saturated carbocycles. The van der Waals surface area contributed by atoms with E-state index in [2.05, 4.69) is 0 Å². The first-order valence-electron chi connectivity index (χ1n) is 4.61. The molecule has 0 saturated heterocycles. The van der Waals surface area contributed by atoms with Gasteiger partial charge in [0.2, 0.25) is 0 Å². The van der Waals surface area contributed by atoms with Crippen molar-refractivity contribution in [3.63, 3.8) is 0 Å². The third kappa shape index (κ3) is 2.10. The SMILES string of the molecule is Cc1cc(C(=O)O)c(C(=O)O)c(C(=O)O)c1C. The molecule has 0 aliphatic carbocycles. The molecule has 3 N–H and O–H groups in total. The van der Waals surface area contributed by atoms with E-state index in [0.717, 1.165) is 6.07 Å². The van der Waals surface area contributed by atoms with Crippen molar-refractivity contribution in [2.75, 3.05) is 0 Å². The molecule has 0 bridgehead atoms. The van der Waals surface area contributed by atoms with Gasteiger partial charge in [-0.3, -0.25) is 0 Å². The van der Waals surface area contributed by atoms with Gasteiger partial charge < -0.3 is 15.3 Å². The van der Waals surface area contributed by atoms with Gasteiger partial charge in [-0.1, -0.05) is 0 Å². The van der Waals surface area contributed by atoms with Gasteiger partial charge in [0.05, 0.1) is 16.7 Å². The van der Waals surface area contributed by atoms with E-state index < -0.39 is 34.6 Å². The van der Waals surface area contributed by atoms with Crippen molar-refractivity contribution >= 4 is 17.9 Å². The van der Waals surface area contributed by atoms with Crippen LogP contribution in [0.4, 0.5) is 0 Å². The fourth-order valence-corrected chi connectivity index (χ4v) is 1.57. The van der Waals surface area contributed by atoms with Crippen molar-refractivity contribution in [3.05, 3.63) is 33.9 Å². The van der Waals surface area contributed by atoms with E-state index >= 15 is 0 Å². The Kier molecular flexibility index (Phi) is 3.17. The van der Waals surface area contributed by atoms with Crippen molar-refractivity contribution < 1.29 is 29.7 Å². The highest BCUT2D eigenvalue weighted by Crippen LogP contribution is 2.23. The highest BCUT2D eigenvalue weighted by molar-refractivity contribution is 6.10. The molecular weight excluding hydrogens is 228 g/mol. The number of carboxylic acid groups (broad SMARTS) is 3. The first kappa shape index (κ1) is 12.7. The van der Waals surface area contributed by atoms with E-state index in [4.69, 9.17) is 15.3 Å². The molecule has 0 unspecified atom stereocenters. The lowest BCUT2D eigenvalue weighted by atomic mass is 9.92. The van der Waals surface area contributed by atoms with Gasteiger partial charge in [0, 0.05) is 0 Å². The van der Waals surface area contributed by atoms with Gasteiger partial charge in [0.25, 0.3) is 0 Å². The summed E-state index contributed by atoms with van der Waals surface area (Å²) in [5.41, 5.74) is -1.01. The molecule has 0 heterocycles. The first-order valence-corrected chi connectivity index (χ1v) is 4.61. The van der Waals surface area contributed by atoms with E-state index in [1.54, 1.807) is 0 Å². The maximum atomic E-state index is 11.0. The molecule has 0 aromatic heterocycles. The summed E-state index contributed by atoms with van der Waals surface area (Å²) in [4.78, 5) is 32.9. The van der Waals surface area contributed by atoms with Gasteiger partial charge in [-0.25, -0.2) is 14.4 Å². The Labute approximate surface area is 96.1 Å². The molecule has 1 aromatic rings. The van der Waals surface area contributed by atoms with Crippen LogP contribution in [-0.4, -0.2) is 33.2 Å². The van der Waals surface area contributed by atoms with Crippen LogP contribution >= 0.6 is 0 Å². The van der Waals surface area contributed by atoms with Crippen molar-refractivity contribution in [2.24, 2.45) is 0 Å². The molecule has 90 valence electrons. The predicted octanol–water partition coefficient (Wildman–Crippen LogP) is 1.40. The smallest absolute Gasteiger partial charge is 0.337 e. The maximum absolute atomic E-state index is 11.0. The number of aryl methyl sites for hydroxylation is 1. The van der Waals surface area contributed by atoms with Crippen LogP contribution in [0.25, 0.3) is 0 Å². The highest BCUT2D eigenvalue weighted by Gasteiger charge is 2.26. The van der Waals surface area contributed by atoms with Crippen LogP contribution in [0.1, 0.15) is 42.2 Å². The molecule has 1 aromatic carbocycles. The Bertz CT molecular complexity index is 529. The minimum atomic E-state index is -1.57. The third-order valence-electron chi connectivity index (χ3n) is 2.50. The van der Waals surface area contributed by atoms with E-state index in [-0.39, 0.29) is 5.56 Å². The summed E-state index contributed by atoms with van der Waals surface area (Å²) in [6.07, 6.45) is 0. The molecule has 6 heteroatoms. The second-order valence-corrected chi connectivity index (χ2v) is 3.53. The Balaban J connectivity index is 3.83. The number of rotatable bonds is 3. The quantitative estimate of drug-likeness (QED) is 0.733. The topological polar surface area (TPSA) is 112 Å². The Morgan fingerprint density at radius 3 is 1.71 bits per heavy atom. The molecule has 0 atom stereocenters. The zero-order chi connectivity index (χ0) is 13.3. The standard InChI is InChI=1S/C11H10O6/c1-4-3-6(9(12)13)8(11(16)17)7(5(4)2)10(14)15/h3H,1-2H3,(H,12,13)(H,14,15)(H,16,17). The van der Waals surface area contributed by atoms with Gasteiger partial charge in [-0.2, -0.15) is 0 Å². The summed E-state index contributed by atoms with van der Waals surface area (Å²) in [5, 5.41) is 26.8. The van der Waals surface area contributed by atoms with Crippen molar-refractivity contribution in [1.82, 2.24) is 0 Å². The Hall–Kier alpha value is -2.37. The van der Waals surface area contributed by atoms with Crippen LogP contribution in [0.15, 0.2) is 6.07 Å². The molecule has 0 radical (unpaired) electrons. The second-order valence-electron chi connectivity index (χ2n) is 3.53. The van der Waals surface area contributed by atoms with E-state index in [1.807, 2.05) is 0 Å². The van der Waals surface area contributed by atoms with Crippen LogP contribution in [0, 0.1) is 13.8 Å². The molecule has 6 nitrogen and oxygen atoms in total. The van der Waals surface area contributed by atoms with Crippen LogP contribution in [0.5, 0.6) is 0 Å². The van der Waals surface area contributed by atoms with Crippen LogP contribution in [-0.2, 0) is 0 Å². The zero-order valence-corrected chi connectivity index (χ0v) is 9.14. The summed E-state index contributed by atoms with van der Waals surface area (Å²) >= 11 is 0. The average molecular weight is 238 g/mol. The lowest BCUT2D eigenvalue weighted by Crippen LogP contribution is -2.17. The van der Waals surface area contributed by atoms with Crippen LogP contribution < -0.4 is 0 Å². The van der Waals surface area contributed by atoms with Crippen molar-refractivity contribution in [1.29, 1.82) is 0 Å². The molecule has 0 amide bonds. The number of hydrogen-bond acceptors (Lipinski definition) is 3. The molecule has 17 heavy (non-hydrogen) atoms. The van der Waals surface area contributed by atoms with Gasteiger partial charge in [0.15, 0.2) is 0 Å². The average Bonchev–Trinajstić information content (AvgIpc) is 2.19. The Morgan fingerprint density at radius 2 is 1.35 bits per heavy atom. The predicted molar refractivity (Wildman–Crippen MR) is 56.8 cm³/mol. The molecule has 0 fully saturated rings. The van der Waals surface area contributed by atoms with Crippen LogP contribution in [0.3, 0.4) is 0 Å². The molecule has 0 aliphatic rings. The number of carbonyl (C=O) groups is 3. The summed E-state index contributed by atoms with van der Waals surface area (Å²) < 4.78 is 0. The monoisotopic (exact) mass is 238 g/mol. The maximum Gasteiger partial charge on any atom is 0.337 e. The molecular formula is C11H10O6. The zero-order valence-electron chi connectivity index (χ0n) is 9.14. The van der Waals surface area contributed by atoms with Crippen LogP contribution in [0.2, 0.25) is 0 Å². The van der Waals surface area contributed by atoms with Gasteiger partial charge in [-0.15, -0.1) is 0 Å². The van der Waals surface area contributed by atoms with E-state index in [9.17, 15) is 14.4 Å². The first-order chi connectivity index (χ1) is 7.77. The van der Waals surface area contributed by atoms with Gasteiger partial charge in [0.1, 0.15) is 0 Å². The molecule has 0 spiro atoms. The summed E-state index contributed by atoms with van der Waals surface area (Å²) in [5.74, 6) is -4.48. The second kappa shape index (κ2) is 4.25. The number of carboxylic acids is 3. The Morgan fingerprint density at radius 1 is 0.882 bits per heavy atom. The third-order valence-corrected chi connectivity index (χ3v) is 2.50. The van der Waals surface area contributed by atoms with E-state index in [0.29, 0.717) is 5.56 Å². The fourth-order valence-electron chi connectivity index (χ4n) is 1.57. The highest BCUT2D eigenvalue weighted by atomic mass is 16.4. The number of aromatic carboxylic acids is 3. The normalized spacial score (nSPS) is 10.0. The number of benzene rings is 1. The minimum Gasteiger partial charge on any atom is -0.478 e. The molecule has 1 rings (SSSR count). The van der Waals surface area contributed by atoms with Gasteiger partial charge >= 0.3 is 17.9 Å². The van der Waals surface area contributed by atoms with Crippen molar-refractivity contribution in [3.8, 4) is 0 Å². The molecule has 0 aliphatic heterocycles. The summed E-state index contributed by atoms with van der Waals surface area (Å²) in [7, 11) is 0. The van der Waals surface area contributed by atoms with E-state index in [1.165, 1.54) is 13.8 Å². The summed E-state index contributed by atoms with van der Waals surface area (Å²) in [6, 6.07) is 1.16. The lowest BCUT2D eigenvalue weighted by molar-refractivity contribution is 0.0632. The summed E-state index contributed by atoms with van der Waals surface area (Å²) in [6.45, 7) is 2.97. The number of hydrogen-bond donors (Lipinski definition) is 3.